The van der Waals surface area contributed by atoms with E-state index in [2.05, 4.69) is 12.2 Å². The molecule has 1 unspecified atom stereocenters. The minimum Gasteiger partial charge on any atom is -0.316 e. The van der Waals surface area contributed by atoms with Crippen LogP contribution in [0.2, 0.25) is 0 Å². The average molecular weight is 206 g/mol. The first-order valence-corrected chi connectivity index (χ1v) is 5.07. The van der Waals surface area contributed by atoms with Crippen LogP contribution in [-0.2, 0) is 5.41 Å². The monoisotopic (exact) mass is 206 g/mol. The van der Waals surface area contributed by atoms with Crippen LogP contribution in [0.4, 0.5) is 5.69 Å². The molecule has 0 saturated carbocycles. The second kappa shape index (κ2) is 3.62. The van der Waals surface area contributed by atoms with Crippen LogP contribution in [0.5, 0.6) is 0 Å². The van der Waals surface area contributed by atoms with E-state index in [1.165, 1.54) is 6.07 Å². The van der Waals surface area contributed by atoms with Gasteiger partial charge in [-0.15, -0.1) is 0 Å². The molecule has 0 radical (unpaired) electrons. The zero-order chi connectivity index (χ0) is 10.9. The Hall–Kier alpha value is -1.42. The first kappa shape index (κ1) is 10.1. The molecule has 15 heavy (non-hydrogen) atoms. The summed E-state index contributed by atoms with van der Waals surface area (Å²) in [5.74, 6) is 0. The van der Waals surface area contributed by atoms with Crippen molar-refractivity contribution >= 4 is 5.69 Å². The molecule has 1 N–H and O–H groups in total. The number of hydrogen-bond acceptors (Lipinski definition) is 3. The number of benzene rings is 1. The van der Waals surface area contributed by atoms with Gasteiger partial charge in [-0.1, -0.05) is 19.1 Å². The van der Waals surface area contributed by atoms with E-state index in [4.69, 9.17) is 0 Å². The Balaban J connectivity index is 2.36. The molecule has 1 aromatic carbocycles. The molecule has 1 atom stereocenters. The third-order valence-electron chi connectivity index (χ3n) is 3.12. The maximum absolute atomic E-state index is 10.7. The lowest BCUT2D eigenvalue weighted by Crippen LogP contribution is -2.24. The standard InChI is InChI=1S/C11H14N2O2/c1-11(5-6-12-8-11)9-3-2-4-10(7-9)13(14)15/h2-4,7,12H,5-6,8H2,1H3. The third kappa shape index (κ3) is 1.85. The van der Waals surface area contributed by atoms with Gasteiger partial charge >= 0.3 is 0 Å². The predicted octanol–water partition coefficient (Wildman–Crippen LogP) is 1.85. The Kier molecular flexibility index (Phi) is 2.44. The summed E-state index contributed by atoms with van der Waals surface area (Å²) in [4.78, 5) is 10.3. The van der Waals surface area contributed by atoms with Crippen molar-refractivity contribution in [3.8, 4) is 0 Å². The van der Waals surface area contributed by atoms with Crippen LogP contribution in [0, 0.1) is 10.1 Å². The normalized spacial score (nSPS) is 25.4. The number of nitrogens with one attached hydrogen (secondary N) is 1. The highest BCUT2D eigenvalue weighted by Crippen LogP contribution is 2.31. The second-order valence-electron chi connectivity index (χ2n) is 4.29. The summed E-state index contributed by atoms with van der Waals surface area (Å²) in [5, 5.41) is 14.0. The molecule has 4 nitrogen and oxygen atoms in total. The summed E-state index contributed by atoms with van der Waals surface area (Å²) in [6, 6.07) is 6.96. The van der Waals surface area contributed by atoms with Gasteiger partial charge in [-0.25, -0.2) is 0 Å². The van der Waals surface area contributed by atoms with Crippen LogP contribution >= 0.6 is 0 Å². The number of rotatable bonds is 2. The van der Waals surface area contributed by atoms with Crippen LogP contribution < -0.4 is 5.32 Å². The van der Waals surface area contributed by atoms with Crippen molar-refractivity contribution in [3.63, 3.8) is 0 Å². The summed E-state index contributed by atoms with van der Waals surface area (Å²) < 4.78 is 0. The van der Waals surface area contributed by atoms with Gasteiger partial charge in [0.25, 0.3) is 5.69 Å². The van der Waals surface area contributed by atoms with Crippen molar-refractivity contribution in [2.75, 3.05) is 13.1 Å². The summed E-state index contributed by atoms with van der Waals surface area (Å²) in [6.07, 6.45) is 1.04. The zero-order valence-electron chi connectivity index (χ0n) is 8.69. The van der Waals surface area contributed by atoms with Crippen molar-refractivity contribution in [3.05, 3.63) is 39.9 Å². The highest BCUT2D eigenvalue weighted by molar-refractivity contribution is 5.38. The zero-order valence-corrected chi connectivity index (χ0v) is 8.69. The summed E-state index contributed by atoms with van der Waals surface area (Å²) in [5.41, 5.74) is 1.29. The first-order valence-electron chi connectivity index (χ1n) is 5.07. The molecule has 0 aliphatic carbocycles. The van der Waals surface area contributed by atoms with Crippen LogP contribution in [0.1, 0.15) is 18.9 Å². The van der Waals surface area contributed by atoms with Crippen LogP contribution in [0.15, 0.2) is 24.3 Å². The van der Waals surface area contributed by atoms with Gasteiger partial charge in [0.2, 0.25) is 0 Å². The Labute approximate surface area is 88.5 Å². The lowest BCUT2D eigenvalue weighted by molar-refractivity contribution is -0.385. The molecule has 1 saturated heterocycles. The molecule has 1 heterocycles. The molecule has 4 heteroatoms. The minimum absolute atomic E-state index is 0.0476. The van der Waals surface area contributed by atoms with Crippen molar-refractivity contribution in [1.82, 2.24) is 5.32 Å². The second-order valence-corrected chi connectivity index (χ2v) is 4.29. The fourth-order valence-electron chi connectivity index (χ4n) is 2.06. The molecule has 0 aromatic heterocycles. The number of hydrogen-bond donors (Lipinski definition) is 1. The lowest BCUT2D eigenvalue weighted by atomic mass is 9.82. The van der Waals surface area contributed by atoms with Crippen LogP contribution in [0.3, 0.4) is 0 Å². The number of nitrogens with zero attached hydrogens (tertiary/aromatic N) is 1. The molecule has 1 aliphatic heterocycles. The van der Waals surface area contributed by atoms with Crippen molar-refractivity contribution in [1.29, 1.82) is 0 Å². The SMILES string of the molecule is CC1(c2cccc([N+](=O)[O-])c2)CCNC1. The molecular formula is C11H14N2O2. The van der Waals surface area contributed by atoms with E-state index in [9.17, 15) is 10.1 Å². The van der Waals surface area contributed by atoms with E-state index in [-0.39, 0.29) is 16.0 Å². The largest absolute Gasteiger partial charge is 0.316 e. The summed E-state index contributed by atoms with van der Waals surface area (Å²) in [7, 11) is 0. The summed E-state index contributed by atoms with van der Waals surface area (Å²) in [6.45, 7) is 4.03. The number of nitro groups is 1. The topological polar surface area (TPSA) is 55.2 Å². The molecular weight excluding hydrogens is 192 g/mol. The smallest absolute Gasteiger partial charge is 0.269 e. The Morgan fingerprint density at radius 3 is 2.93 bits per heavy atom. The van der Waals surface area contributed by atoms with Gasteiger partial charge in [0.05, 0.1) is 4.92 Å². The third-order valence-corrected chi connectivity index (χ3v) is 3.12. The van der Waals surface area contributed by atoms with Gasteiger partial charge in [0.1, 0.15) is 0 Å². The molecule has 1 aromatic rings. The van der Waals surface area contributed by atoms with Gasteiger partial charge < -0.3 is 5.32 Å². The van der Waals surface area contributed by atoms with E-state index in [0.29, 0.717) is 0 Å². The quantitative estimate of drug-likeness (QED) is 0.593. The number of nitro benzene ring substituents is 1. The van der Waals surface area contributed by atoms with Crippen molar-refractivity contribution in [2.24, 2.45) is 0 Å². The van der Waals surface area contributed by atoms with E-state index < -0.39 is 0 Å². The maximum atomic E-state index is 10.7. The fraction of sp³-hybridized carbons (Fsp3) is 0.455. The van der Waals surface area contributed by atoms with E-state index in [1.807, 2.05) is 6.07 Å². The molecule has 2 rings (SSSR count). The van der Waals surface area contributed by atoms with Gasteiger partial charge in [0, 0.05) is 24.1 Å². The van der Waals surface area contributed by atoms with Crippen LogP contribution in [-0.4, -0.2) is 18.0 Å². The molecule has 0 bridgehead atoms. The van der Waals surface area contributed by atoms with E-state index in [1.54, 1.807) is 12.1 Å². The molecule has 1 fully saturated rings. The predicted molar refractivity (Wildman–Crippen MR) is 57.9 cm³/mol. The lowest BCUT2D eigenvalue weighted by Gasteiger charge is -2.22. The van der Waals surface area contributed by atoms with Gasteiger partial charge in [-0.05, 0) is 18.5 Å². The maximum Gasteiger partial charge on any atom is 0.269 e. The molecule has 0 spiro atoms. The average Bonchev–Trinajstić information content (AvgIpc) is 2.67. The van der Waals surface area contributed by atoms with Gasteiger partial charge in [-0.2, -0.15) is 0 Å². The Bertz CT molecular complexity index is 384. The van der Waals surface area contributed by atoms with Gasteiger partial charge in [-0.3, -0.25) is 10.1 Å². The highest BCUT2D eigenvalue weighted by atomic mass is 16.6. The highest BCUT2D eigenvalue weighted by Gasteiger charge is 2.31. The number of non-ortho nitro benzene ring substituents is 1. The minimum atomic E-state index is -0.338. The fourth-order valence-corrected chi connectivity index (χ4v) is 2.06. The molecule has 80 valence electrons. The Morgan fingerprint density at radius 2 is 2.33 bits per heavy atom. The first-order chi connectivity index (χ1) is 7.12. The summed E-state index contributed by atoms with van der Waals surface area (Å²) >= 11 is 0. The van der Waals surface area contributed by atoms with E-state index in [0.717, 1.165) is 25.1 Å². The van der Waals surface area contributed by atoms with E-state index >= 15 is 0 Å². The van der Waals surface area contributed by atoms with Gasteiger partial charge in [0.15, 0.2) is 0 Å². The molecule has 1 aliphatic rings. The Morgan fingerprint density at radius 1 is 1.53 bits per heavy atom. The van der Waals surface area contributed by atoms with Crippen molar-refractivity contribution < 1.29 is 4.92 Å². The van der Waals surface area contributed by atoms with Crippen molar-refractivity contribution in [2.45, 2.75) is 18.8 Å². The van der Waals surface area contributed by atoms with Crippen LogP contribution in [0.25, 0.3) is 0 Å². The molecule has 0 amide bonds.